The van der Waals surface area contributed by atoms with Crippen molar-refractivity contribution in [2.24, 2.45) is 0 Å². The van der Waals surface area contributed by atoms with E-state index in [4.69, 9.17) is 9.47 Å². The molecule has 28 heavy (non-hydrogen) atoms. The van der Waals surface area contributed by atoms with Gasteiger partial charge in [-0.15, -0.1) is 0 Å². The quantitative estimate of drug-likeness (QED) is 0.878. The van der Waals surface area contributed by atoms with Crippen LogP contribution in [0, 0.1) is 0 Å². The van der Waals surface area contributed by atoms with Crippen molar-refractivity contribution in [1.82, 2.24) is 14.8 Å². The Kier molecular flexibility index (Phi) is 5.34. The first-order valence-electron chi connectivity index (χ1n) is 10.4. The van der Waals surface area contributed by atoms with Crippen LogP contribution in [0.3, 0.4) is 0 Å². The van der Waals surface area contributed by atoms with Crippen LogP contribution >= 0.6 is 0 Å². The molecule has 0 bridgehead atoms. The molecule has 4 rings (SSSR count). The van der Waals surface area contributed by atoms with Crippen molar-refractivity contribution in [3.05, 3.63) is 30.0 Å². The number of rotatable bonds is 4. The van der Waals surface area contributed by atoms with E-state index in [0.29, 0.717) is 24.8 Å². The molecule has 1 N–H and O–H groups in total. The zero-order chi connectivity index (χ0) is 19.8. The molecule has 1 aromatic carbocycles. The number of hydrogen-bond donors (Lipinski definition) is 1. The summed E-state index contributed by atoms with van der Waals surface area (Å²) in [5.74, 6) is 0.890. The summed E-state index contributed by atoms with van der Waals surface area (Å²) < 4.78 is 11.9. The van der Waals surface area contributed by atoms with Crippen molar-refractivity contribution in [2.75, 3.05) is 26.2 Å². The largest absolute Gasteiger partial charge is 0.489 e. The molecule has 3 heterocycles. The van der Waals surface area contributed by atoms with Crippen LogP contribution in [0.4, 0.5) is 0 Å². The maximum atomic E-state index is 12.9. The van der Waals surface area contributed by atoms with Crippen molar-refractivity contribution < 1.29 is 14.3 Å². The predicted octanol–water partition coefficient (Wildman–Crippen LogP) is 3.28. The second kappa shape index (κ2) is 7.76. The molecular weight excluding hydrogens is 354 g/mol. The minimum Gasteiger partial charge on any atom is -0.489 e. The second-order valence-electron chi connectivity index (χ2n) is 8.52. The topological polar surface area (TPSA) is 57.8 Å². The van der Waals surface area contributed by atoms with E-state index in [1.807, 2.05) is 43.0 Å². The predicted molar refractivity (Wildman–Crippen MR) is 110 cm³/mol. The Morgan fingerprint density at radius 1 is 1.18 bits per heavy atom. The SMILES string of the molecule is CC1CN(C(=O)c2cc3ccc(OC4CCN(C(C)C)C4)cc3[nH]2)CC(C)O1. The summed E-state index contributed by atoms with van der Waals surface area (Å²) in [4.78, 5) is 20.5. The highest BCUT2D eigenvalue weighted by Gasteiger charge is 2.28. The van der Waals surface area contributed by atoms with Crippen molar-refractivity contribution in [3.63, 3.8) is 0 Å². The Bertz CT molecular complexity index is 837. The third kappa shape index (κ3) is 4.03. The number of aromatic amines is 1. The summed E-state index contributed by atoms with van der Waals surface area (Å²) in [6.45, 7) is 11.8. The smallest absolute Gasteiger partial charge is 0.270 e. The van der Waals surface area contributed by atoms with Crippen LogP contribution in [0.25, 0.3) is 10.9 Å². The molecule has 1 aromatic heterocycles. The average Bonchev–Trinajstić information content (AvgIpc) is 3.27. The number of morpholine rings is 1. The van der Waals surface area contributed by atoms with Crippen LogP contribution in [-0.2, 0) is 4.74 Å². The standard InChI is InChI=1S/C22H31N3O3/c1-14(2)24-8-7-19(13-24)28-18-6-5-17-9-21(23-20(17)10-18)22(26)25-11-15(3)27-16(4)12-25/h5-6,9-10,14-16,19,23H,7-8,11-13H2,1-4H3. The third-order valence-corrected chi connectivity index (χ3v) is 5.74. The van der Waals surface area contributed by atoms with Gasteiger partial charge in [0.05, 0.1) is 12.2 Å². The van der Waals surface area contributed by atoms with Gasteiger partial charge in [-0.1, -0.05) is 0 Å². The molecule has 6 heteroatoms. The number of amides is 1. The number of ether oxygens (including phenoxy) is 2. The molecule has 0 saturated carbocycles. The van der Waals surface area contributed by atoms with E-state index >= 15 is 0 Å². The Morgan fingerprint density at radius 3 is 2.61 bits per heavy atom. The lowest BCUT2D eigenvalue weighted by molar-refractivity contribution is -0.0587. The molecule has 2 aliphatic rings. The van der Waals surface area contributed by atoms with E-state index < -0.39 is 0 Å². The monoisotopic (exact) mass is 385 g/mol. The lowest BCUT2D eigenvalue weighted by Gasteiger charge is -2.35. The fraction of sp³-hybridized carbons (Fsp3) is 0.591. The van der Waals surface area contributed by atoms with Gasteiger partial charge >= 0.3 is 0 Å². The maximum Gasteiger partial charge on any atom is 0.270 e. The van der Waals surface area contributed by atoms with Gasteiger partial charge in [-0.3, -0.25) is 9.69 Å². The first-order chi connectivity index (χ1) is 13.4. The van der Waals surface area contributed by atoms with Gasteiger partial charge < -0.3 is 19.4 Å². The minimum absolute atomic E-state index is 0.0315. The number of H-pyrrole nitrogens is 1. The highest BCUT2D eigenvalue weighted by molar-refractivity contribution is 5.98. The summed E-state index contributed by atoms with van der Waals surface area (Å²) >= 11 is 0. The summed E-state index contributed by atoms with van der Waals surface area (Å²) in [5, 5.41) is 1.03. The van der Waals surface area contributed by atoms with Crippen LogP contribution in [0.5, 0.6) is 5.75 Å². The number of hydrogen-bond acceptors (Lipinski definition) is 4. The van der Waals surface area contributed by atoms with Gasteiger partial charge in [0.15, 0.2) is 0 Å². The normalized spacial score (nSPS) is 26.3. The molecular formula is C22H31N3O3. The van der Waals surface area contributed by atoms with Gasteiger partial charge in [0.25, 0.3) is 5.91 Å². The maximum absolute atomic E-state index is 12.9. The number of nitrogens with one attached hydrogen (secondary N) is 1. The van der Waals surface area contributed by atoms with E-state index in [-0.39, 0.29) is 24.2 Å². The van der Waals surface area contributed by atoms with Gasteiger partial charge in [0.1, 0.15) is 17.5 Å². The Hall–Kier alpha value is -2.05. The third-order valence-electron chi connectivity index (χ3n) is 5.74. The summed E-state index contributed by atoms with van der Waals surface area (Å²) in [7, 11) is 0. The van der Waals surface area contributed by atoms with E-state index in [1.54, 1.807) is 0 Å². The summed E-state index contributed by atoms with van der Waals surface area (Å²) in [5.41, 5.74) is 1.56. The number of likely N-dealkylation sites (tertiary alicyclic amines) is 1. The number of aromatic nitrogens is 1. The van der Waals surface area contributed by atoms with E-state index in [0.717, 1.165) is 36.2 Å². The molecule has 0 spiro atoms. The molecule has 2 fully saturated rings. The summed E-state index contributed by atoms with van der Waals surface area (Å²) in [6.07, 6.45) is 1.41. The fourth-order valence-electron chi connectivity index (χ4n) is 4.32. The molecule has 3 unspecified atom stereocenters. The number of carbonyl (C=O) groups excluding carboxylic acids is 1. The lowest BCUT2D eigenvalue weighted by atomic mass is 10.2. The van der Waals surface area contributed by atoms with Crippen molar-refractivity contribution in [3.8, 4) is 5.75 Å². The molecule has 2 aromatic rings. The zero-order valence-corrected chi connectivity index (χ0v) is 17.3. The van der Waals surface area contributed by atoms with E-state index in [2.05, 4.69) is 23.7 Å². The van der Waals surface area contributed by atoms with Gasteiger partial charge in [0, 0.05) is 49.2 Å². The van der Waals surface area contributed by atoms with E-state index in [1.165, 1.54) is 0 Å². The van der Waals surface area contributed by atoms with Gasteiger partial charge in [-0.2, -0.15) is 0 Å². The summed E-state index contributed by atoms with van der Waals surface area (Å²) in [6, 6.07) is 8.52. The molecule has 3 atom stereocenters. The van der Waals surface area contributed by atoms with Crippen LogP contribution in [0.1, 0.15) is 44.6 Å². The Morgan fingerprint density at radius 2 is 1.93 bits per heavy atom. The van der Waals surface area contributed by atoms with E-state index in [9.17, 15) is 4.79 Å². The Balaban J connectivity index is 1.47. The van der Waals surface area contributed by atoms with Crippen molar-refractivity contribution >= 4 is 16.8 Å². The molecule has 152 valence electrons. The molecule has 0 radical (unpaired) electrons. The minimum atomic E-state index is 0.0315. The zero-order valence-electron chi connectivity index (χ0n) is 17.3. The number of carbonyl (C=O) groups is 1. The fourth-order valence-corrected chi connectivity index (χ4v) is 4.32. The molecule has 1 amide bonds. The number of benzene rings is 1. The number of nitrogens with zero attached hydrogens (tertiary/aromatic N) is 2. The Labute approximate surface area is 166 Å². The van der Waals surface area contributed by atoms with Gasteiger partial charge in [0.2, 0.25) is 0 Å². The first-order valence-corrected chi connectivity index (χ1v) is 10.4. The highest BCUT2D eigenvalue weighted by atomic mass is 16.5. The first kappa shape index (κ1) is 19.3. The molecule has 6 nitrogen and oxygen atoms in total. The van der Waals surface area contributed by atoms with Crippen LogP contribution in [0.2, 0.25) is 0 Å². The van der Waals surface area contributed by atoms with Crippen molar-refractivity contribution in [1.29, 1.82) is 0 Å². The van der Waals surface area contributed by atoms with Crippen LogP contribution < -0.4 is 4.74 Å². The molecule has 2 aliphatic heterocycles. The molecule has 0 aliphatic carbocycles. The molecule has 2 saturated heterocycles. The van der Waals surface area contributed by atoms with Crippen LogP contribution in [0.15, 0.2) is 24.3 Å². The van der Waals surface area contributed by atoms with Crippen LogP contribution in [-0.4, -0.2) is 71.2 Å². The second-order valence-corrected chi connectivity index (χ2v) is 8.52. The lowest BCUT2D eigenvalue weighted by Crippen LogP contribution is -2.48. The van der Waals surface area contributed by atoms with Gasteiger partial charge in [-0.05, 0) is 52.3 Å². The number of fused-ring (bicyclic) bond motifs is 1. The van der Waals surface area contributed by atoms with Crippen molar-refractivity contribution in [2.45, 2.75) is 58.5 Å². The van der Waals surface area contributed by atoms with Gasteiger partial charge in [-0.25, -0.2) is 0 Å². The highest BCUT2D eigenvalue weighted by Crippen LogP contribution is 2.25. The average molecular weight is 386 g/mol.